The molecule has 0 aliphatic rings. The number of carbonyl (C=O) groups excluding carboxylic acids is 1. The lowest BCUT2D eigenvalue weighted by atomic mass is 9.88. The molecule has 0 bridgehead atoms. The van der Waals surface area contributed by atoms with Crippen LogP contribution in [0.1, 0.15) is 82.4 Å². The van der Waals surface area contributed by atoms with Gasteiger partial charge < -0.3 is 15.0 Å². The molecule has 0 fully saturated rings. The molecule has 0 unspecified atom stereocenters. The number of rotatable bonds is 13. The van der Waals surface area contributed by atoms with Crippen LogP contribution < -0.4 is 20.5 Å². The maximum atomic E-state index is 14.1. The van der Waals surface area contributed by atoms with Crippen LogP contribution in [0.5, 0.6) is 5.75 Å². The Labute approximate surface area is 277 Å². The van der Waals surface area contributed by atoms with Crippen molar-refractivity contribution in [2.45, 2.75) is 72.1 Å². The predicted molar refractivity (Wildman–Crippen MR) is 192 cm³/mol. The quantitative estimate of drug-likeness (QED) is 0.126. The Morgan fingerprint density at radius 3 is 2.38 bits per heavy atom. The molecule has 244 valence electrons. The first-order valence-electron chi connectivity index (χ1n) is 16.6. The smallest absolute Gasteiger partial charge is 0.326 e. The van der Waals surface area contributed by atoms with Crippen molar-refractivity contribution in [3.8, 4) is 16.9 Å². The predicted octanol–water partition coefficient (Wildman–Crippen LogP) is 9.08. The highest BCUT2D eigenvalue weighted by Crippen LogP contribution is 2.38. The summed E-state index contributed by atoms with van der Waals surface area (Å²) < 4.78 is 6.14. The largest absolute Gasteiger partial charge is 0.494 e. The van der Waals surface area contributed by atoms with Crippen molar-refractivity contribution >= 4 is 28.4 Å². The summed E-state index contributed by atoms with van der Waals surface area (Å²) in [5.74, 6) is 1.09. The number of aryl methyl sites for hydroxylation is 1. The van der Waals surface area contributed by atoms with E-state index < -0.39 is 0 Å². The van der Waals surface area contributed by atoms with Gasteiger partial charge >= 0.3 is 6.03 Å². The molecule has 0 saturated carbocycles. The first kappa shape index (κ1) is 33.4. The van der Waals surface area contributed by atoms with E-state index in [9.17, 15) is 9.59 Å². The van der Waals surface area contributed by atoms with E-state index in [4.69, 9.17) is 4.74 Å². The monoisotopic (exact) mass is 631 g/mol. The highest BCUT2D eigenvalue weighted by Gasteiger charge is 2.24. The molecule has 5 rings (SSSR count). The van der Waals surface area contributed by atoms with Crippen molar-refractivity contribution in [3.63, 3.8) is 0 Å². The van der Waals surface area contributed by atoms with Crippen LogP contribution in [0.3, 0.4) is 0 Å². The molecule has 0 spiro atoms. The molecule has 0 aliphatic carbocycles. The van der Waals surface area contributed by atoms with E-state index >= 15 is 0 Å². The van der Waals surface area contributed by atoms with E-state index in [1.807, 2.05) is 36.5 Å². The first-order chi connectivity index (χ1) is 22.7. The summed E-state index contributed by atoms with van der Waals surface area (Å²) in [7, 11) is 0. The van der Waals surface area contributed by atoms with Gasteiger partial charge in [-0.05, 0) is 107 Å². The van der Waals surface area contributed by atoms with Gasteiger partial charge in [0.25, 0.3) is 5.56 Å². The highest BCUT2D eigenvalue weighted by molar-refractivity contribution is 6.03. The average molecular weight is 632 g/mol. The van der Waals surface area contributed by atoms with E-state index in [-0.39, 0.29) is 23.4 Å². The van der Waals surface area contributed by atoms with Crippen molar-refractivity contribution < 1.29 is 9.53 Å². The van der Waals surface area contributed by atoms with Crippen molar-refractivity contribution in [1.29, 1.82) is 0 Å². The van der Waals surface area contributed by atoms with E-state index in [1.165, 1.54) is 5.56 Å². The van der Waals surface area contributed by atoms with Gasteiger partial charge in [-0.25, -0.2) is 9.78 Å². The number of benzene rings is 2. The standard InChI is InChI=1S/C39H45N5O3/c1-6-7-19-44(35-24-30-15-10-18-41-37(30)43-38(35)45)39(46)42-36-33(26(2)3)22-31(23-34(36)27(4)5)29-14-8-16-32(21-29)47-20-11-13-28-12-9-17-40-25-28/h8-10,12,14-18,21-27H,6-7,11,13,19-20H2,1-5H3,(H,42,46)(H,41,43,45). The summed E-state index contributed by atoms with van der Waals surface area (Å²) in [5.41, 5.74) is 6.66. The van der Waals surface area contributed by atoms with Crippen LogP contribution in [-0.2, 0) is 6.42 Å². The number of H-pyrrole nitrogens is 1. The van der Waals surface area contributed by atoms with Gasteiger partial charge in [0.05, 0.1) is 6.61 Å². The van der Waals surface area contributed by atoms with E-state index in [1.54, 1.807) is 23.4 Å². The van der Waals surface area contributed by atoms with Gasteiger partial charge in [0.1, 0.15) is 17.1 Å². The number of aromatic nitrogens is 3. The zero-order chi connectivity index (χ0) is 33.3. The minimum atomic E-state index is -0.342. The lowest BCUT2D eigenvalue weighted by molar-refractivity contribution is 0.256. The average Bonchev–Trinajstić information content (AvgIpc) is 3.07. The lowest BCUT2D eigenvalue weighted by Crippen LogP contribution is -2.39. The number of aromatic amines is 1. The molecule has 0 atom stereocenters. The van der Waals surface area contributed by atoms with Gasteiger partial charge in [0.15, 0.2) is 0 Å². The van der Waals surface area contributed by atoms with Crippen LogP contribution in [0.25, 0.3) is 22.2 Å². The van der Waals surface area contributed by atoms with E-state index in [2.05, 4.69) is 85.2 Å². The molecule has 47 heavy (non-hydrogen) atoms. The normalized spacial score (nSPS) is 11.3. The van der Waals surface area contributed by atoms with E-state index in [0.717, 1.165) is 64.8 Å². The summed E-state index contributed by atoms with van der Waals surface area (Å²) in [6.45, 7) is 11.6. The van der Waals surface area contributed by atoms with Gasteiger partial charge in [0.2, 0.25) is 0 Å². The van der Waals surface area contributed by atoms with Crippen LogP contribution >= 0.6 is 0 Å². The summed E-state index contributed by atoms with van der Waals surface area (Å²) in [6.07, 6.45) is 8.78. The summed E-state index contributed by atoms with van der Waals surface area (Å²) in [6, 6.07) is 21.7. The van der Waals surface area contributed by atoms with Crippen LogP contribution in [0.4, 0.5) is 16.2 Å². The number of hydrogen-bond donors (Lipinski definition) is 2. The first-order valence-corrected chi connectivity index (χ1v) is 16.6. The molecule has 5 aromatic rings. The zero-order valence-corrected chi connectivity index (χ0v) is 28.0. The highest BCUT2D eigenvalue weighted by atomic mass is 16.5. The number of fused-ring (bicyclic) bond motifs is 1. The second-order valence-electron chi connectivity index (χ2n) is 12.5. The third-order valence-electron chi connectivity index (χ3n) is 8.31. The summed E-state index contributed by atoms with van der Waals surface area (Å²) >= 11 is 0. The number of anilines is 2. The fraction of sp³-hybridized carbons (Fsp3) is 0.333. The van der Waals surface area contributed by atoms with Gasteiger partial charge in [-0.2, -0.15) is 0 Å². The number of unbranched alkanes of at least 4 members (excludes halogenated alkanes) is 1. The molecule has 0 radical (unpaired) electrons. The van der Waals surface area contributed by atoms with Crippen molar-refractivity contribution in [1.82, 2.24) is 15.0 Å². The lowest BCUT2D eigenvalue weighted by Gasteiger charge is -2.27. The molecule has 8 nitrogen and oxygen atoms in total. The minimum Gasteiger partial charge on any atom is -0.494 e. The Kier molecular flexibility index (Phi) is 11.0. The molecule has 2 amide bonds. The van der Waals surface area contributed by atoms with Crippen molar-refractivity contribution in [2.24, 2.45) is 0 Å². The number of amides is 2. The maximum absolute atomic E-state index is 14.1. The van der Waals surface area contributed by atoms with Gasteiger partial charge in [-0.15, -0.1) is 0 Å². The Balaban J connectivity index is 1.43. The molecule has 0 saturated heterocycles. The number of ether oxygens (including phenoxy) is 1. The van der Waals surface area contributed by atoms with Crippen LogP contribution in [0.15, 0.2) is 90.1 Å². The fourth-order valence-corrected chi connectivity index (χ4v) is 5.73. The number of pyridine rings is 3. The molecule has 0 aliphatic heterocycles. The van der Waals surface area contributed by atoms with Gasteiger partial charge in [-0.3, -0.25) is 14.7 Å². The molecule has 3 heterocycles. The number of nitrogens with zero attached hydrogens (tertiary/aromatic N) is 3. The molecule has 2 N–H and O–H groups in total. The second kappa shape index (κ2) is 15.5. The van der Waals surface area contributed by atoms with Crippen molar-refractivity contribution in [2.75, 3.05) is 23.4 Å². The molecule has 3 aromatic heterocycles. The van der Waals surface area contributed by atoms with Crippen LogP contribution in [0.2, 0.25) is 0 Å². The number of nitrogens with one attached hydrogen (secondary N) is 2. The molecule has 8 heteroatoms. The Hall–Kier alpha value is -4.98. The topological polar surface area (TPSA) is 100 Å². The molecule has 2 aromatic carbocycles. The van der Waals surface area contributed by atoms with Crippen molar-refractivity contribution in [3.05, 3.63) is 112 Å². The summed E-state index contributed by atoms with van der Waals surface area (Å²) in [4.78, 5) is 40.2. The van der Waals surface area contributed by atoms with Gasteiger partial charge in [-0.1, -0.05) is 59.2 Å². The Morgan fingerprint density at radius 1 is 0.915 bits per heavy atom. The van der Waals surface area contributed by atoms with E-state index in [0.29, 0.717) is 24.5 Å². The van der Waals surface area contributed by atoms with Crippen LogP contribution in [0, 0.1) is 0 Å². The third-order valence-corrected chi connectivity index (χ3v) is 8.31. The SMILES string of the molecule is CCCCN(C(=O)Nc1c(C(C)C)cc(-c2cccc(OCCCc3cccnc3)c2)cc1C(C)C)c1cc2cccnc2[nH]c1=O. The van der Waals surface area contributed by atoms with Gasteiger partial charge in [0, 0.05) is 36.2 Å². The number of carbonyl (C=O) groups is 1. The zero-order valence-electron chi connectivity index (χ0n) is 28.0. The third kappa shape index (κ3) is 8.25. The minimum absolute atomic E-state index is 0.133. The van der Waals surface area contributed by atoms with Crippen LogP contribution in [-0.4, -0.2) is 34.1 Å². The Morgan fingerprint density at radius 2 is 1.68 bits per heavy atom. The summed E-state index contributed by atoms with van der Waals surface area (Å²) in [5, 5.41) is 4.02. The number of urea groups is 1. The molecular weight excluding hydrogens is 586 g/mol. The fourth-order valence-electron chi connectivity index (χ4n) is 5.73. The maximum Gasteiger partial charge on any atom is 0.326 e. The number of hydrogen-bond acceptors (Lipinski definition) is 5. The second-order valence-corrected chi connectivity index (χ2v) is 12.5. The Bertz CT molecular complexity index is 1840. The molecular formula is C39H45N5O3.